The van der Waals surface area contributed by atoms with Crippen molar-refractivity contribution in [3.05, 3.63) is 24.3 Å². The molecule has 0 aliphatic heterocycles. The minimum atomic E-state index is -0.291. The highest BCUT2D eigenvalue weighted by Gasteiger charge is 2.29. The Kier molecular flexibility index (Phi) is 5.78. The van der Waals surface area contributed by atoms with Crippen LogP contribution >= 0.6 is 0 Å². The maximum absolute atomic E-state index is 12.1. The van der Waals surface area contributed by atoms with Crippen LogP contribution < -0.4 is 16.0 Å². The number of anilines is 2. The van der Waals surface area contributed by atoms with E-state index in [0.717, 1.165) is 12.8 Å². The summed E-state index contributed by atoms with van der Waals surface area (Å²) in [7, 11) is 3.21. The van der Waals surface area contributed by atoms with Crippen molar-refractivity contribution in [1.82, 2.24) is 10.2 Å². The van der Waals surface area contributed by atoms with Crippen molar-refractivity contribution >= 4 is 29.2 Å². The molecule has 1 aliphatic carbocycles. The molecule has 1 aromatic rings. The van der Waals surface area contributed by atoms with E-state index in [1.54, 1.807) is 45.3 Å². The highest BCUT2D eigenvalue weighted by atomic mass is 16.2. The minimum absolute atomic E-state index is 0.0507. The second-order valence-corrected chi connectivity index (χ2v) is 6.17. The quantitative estimate of drug-likeness (QED) is 0.743. The molecule has 0 saturated heterocycles. The zero-order valence-corrected chi connectivity index (χ0v) is 14.3. The lowest BCUT2D eigenvalue weighted by atomic mass is 10.1. The van der Waals surface area contributed by atoms with Crippen LogP contribution in [0.4, 0.5) is 16.2 Å². The first kappa shape index (κ1) is 17.8. The van der Waals surface area contributed by atoms with Crippen LogP contribution in [0.25, 0.3) is 0 Å². The SMILES string of the molecule is CNC(=O)C(C)CN(C)C(=O)Nc1ccc(NC(=O)C2CC2)cc1. The fraction of sp³-hybridized carbons (Fsp3) is 0.471. The van der Waals surface area contributed by atoms with Gasteiger partial charge in [-0.05, 0) is 37.1 Å². The van der Waals surface area contributed by atoms with Crippen LogP contribution in [0.1, 0.15) is 19.8 Å². The molecule has 2 rings (SSSR count). The monoisotopic (exact) mass is 332 g/mol. The number of hydrogen-bond donors (Lipinski definition) is 3. The summed E-state index contributed by atoms with van der Waals surface area (Å²) in [5.41, 5.74) is 1.34. The molecular weight excluding hydrogens is 308 g/mol. The Labute approximate surface area is 141 Å². The van der Waals surface area contributed by atoms with E-state index in [1.807, 2.05) is 0 Å². The first-order chi connectivity index (χ1) is 11.4. The van der Waals surface area contributed by atoms with Gasteiger partial charge < -0.3 is 20.9 Å². The lowest BCUT2D eigenvalue weighted by Crippen LogP contribution is -2.39. The van der Waals surface area contributed by atoms with Gasteiger partial charge in [0.15, 0.2) is 0 Å². The lowest BCUT2D eigenvalue weighted by molar-refractivity contribution is -0.124. The third-order valence-corrected chi connectivity index (χ3v) is 3.94. The van der Waals surface area contributed by atoms with Crippen molar-refractivity contribution in [2.24, 2.45) is 11.8 Å². The Bertz CT molecular complexity index is 611. The molecule has 0 heterocycles. The predicted octanol–water partition coefficient (Wildman–Crippen LogP) is 1.88. The van der Waals surface area contributed by atoms with Gasteiger partial charge in [-0.25, -0.2) is 4.79 Å². The Hall–Kier alpha value is -2.57. The van der Waals surface area contributed by atoms with Crippen molar-refractivity contribution in [2.75, 3.05) is 31.3 Å². The second kappa shape index (κ2) is 7.81. The van der Waals surface area contributed by atoms with E-state index in [-0.39, 0.29) is 29.7 Å². The molecule has 7 heteroatoms. The van der Waals surface area contributed by atoms with Gasteiger partial charge in [0.1, 0.15) is 0 Å². The number of hydrogen-bond acceptors (Lipinski definition) is 3. The number of carbonyl (C=O) groups is 3. The van der Waals surface area contributed by atoms with Gasteiger partial charge in [0, 0.05) is 37.9 Å². The summed E-state index contributed by atoms with van der Waals surface area (Å²) < 4.78 is 0. The van der Waals surface area contributed by atoms with Gasteiger partial charge in [-0.15, -0.1) is 0 Å². The van der Waals surface area contributed by atoms with E-state index in [0.29, 0.717) is 17.9 Å². The zero-order valence-electron chi connectivity index (χ0n) is 14.3. The fourth-order valence-electron chi connectivity index (χ4n) is 2.27. The van der Waals surface area contributed by atoms with Crippen molar-refractivity contribution in [2.45, 2.75) is 19.8 Å². The van der Waals surface area contributed by atoms with Gasteiger partial charge in [-0.3, -0.25) is 9.59 Å². The summed E-state index contributed by atoms with van der Waals surface area (Å²) in [6, 6.07) is 6.68. The molecule has 0 bridgehead atoms. The third-order valence-electron chi connectivity index (χ3n) is 3.94. The molecule has 1 aromatic carbocycles. The molecule has 4 amide bonds. The molecule has 24 heavy (non-hydrogen) atoms. The van der Waals surface area contributed by atoms with Gasteiger partial charge in [-0.2, -0.15) is 0 Å². The fourth-order valence-corrected chi connectivity index (χ4v) is 2.27. The largest absolute Gasteiger partial charge is 0.359 e. The topological polar surface area (TPSA) is 90.5 Å². The van der Waals surface area contributed by atoms with Crippen LogP contribution in [0.15, 0.2) is 24.3 Å². The zero-order chi connectivity index (χ0) is 17.7. The summed E-state index contributed by atoms with van der Waals surface area (Å²) in [5, 5.41) is 8.17. The van der Waals surface area contributed by atoms with E-state index in [9.17, 15) is 14.4 Å². The molecule has 0 radical (unpaired) electrons. The number of rotatable bonds is 6. The number of benzene rings is 1. The number of nitrogens with one attached hydrogen (secondary N) is 3. The first-order valence-corrected chi connectivity index (χ1v) is 8.05. The van der Waals surface area contributed by atoms with E-state index in [4.69, 9.17) is 0 Å². The summed E-state index contributed by atoms with van der Waals surface area (Å²) in [5.74, 6) is -0.189. The van der Waals surface area contributed by atoms with Crippen molar-refractivity contribution < 1.29 is 14.4 Å². The van der Waals surface area contributed by atoms with Crippen molar-refractivity contribution in [1.29, 1.82) is 0 Å². The van der Waals surface area contributed by atoms with Gasteiger partial charge in [-0.1, -0.05) is 6.92 Å². The number of amides is 4. The van der Waals surface area contributed by atoms with Crippen LogP contribution in [0.2, 0.25) is 0 Å². The number of nitrogens with zero attached hydrogens (tertiary/aromatic N) is 1. The molecule has 1 saturated carbocycles. The van der Waals surface area contributed by atoms with Crippen molar-refractivity contribution in [3.8, 4) is 0 Å². The van der Waals surface area contributed by atoms with Crippen LogP contribution in [0.3, 0.4) is 0 Å². The van der Waals surface area contributed by atoms with Gasteiger partial charge >= 0.3 is 6.03 Å². The summed E-state index contributed by atoms with van der Waals surface area (Å²) in [6.07, 6.45) is 1.92. The Morgan fingerprint density at radius 2 is 1.67 bits per heavy atom. The Morgan fingerprint density at radius 3 is 2.17 bits per heavy atom. The Balaban J connectivity index is 1.84. The number of carbonyl (C=O) groups excluding carboxylic acids is 3. The maximum atomic E-state index is 12.1. The first-order valence-electron chi connectivity index (χ1n) is 8.05. The van der Waals surface area contributed by atoms with Gasteiger partial charge in [0.05, 0.1) is 5.92 Å². The molecule has 1 fully saturated rings. The van der Waals surface area contributed by atoms with E-state index >= 15 is 0 Å². The van der Waals surface area contributed by atoms with Crippen LogP contribution in [0.5, 0.6) is 0 Å². The van der Waals surface area contributed by atoms with Crippen LogP contribution in [-0.4, -0.2) is 43.4 Å². The molecule has 0 spiro atoms. The summed E-state index contributed by atoms with van der Waals surface area (Å²) in [4.78, 5) is 36.8. The molecule has 1 aliphatic rings. The smallest absolute Gasteiger partial charge is 0.321 e. The third kappa shape index (κ3) is 4.97. The molecule has 1 unspecified atom stereocenters. The molecular formula is C17H24N4O3. The average molecular weight is 332 g/mol. The second-order valence-electron chi connectivity index (χ2n) is 6.17. The van der Waals surface area contributed by atoms with E-state index in [1.165, 1.54) is 4.90 Å². The van der Waals surface area contributed by atoms with Crippen LogP contribution in [0, 0.1) is 11.8 Å². The lowest BCUT2D eigenvalue weighted by Gasteiger charge is -2.21. The minimum Gasteiger partial charge on any atom is -0.359 e. The molecule has 3 N–H and O–H groups in total. The highest BCUT2D eigenvalue weighted by molar-refractivity contribution is 5.94. The van der Waals surface area contributed by atoms with Gasteiger partial charge in [0.2, 0.25) is 11.8 Å². The summed E-state index contributed by atoms with van der Waals surface area (Å²) in [6.45, 7) is 2.08. The molecule has 7 nitrogen and oxygen atoms in total. The van der Waals surface area contributed by atoms with E-state index in [2.05, 4.69) is 16.0 Å². The average Bonchev–Trinajstić information content (AvgIpc) is 3.40. The standard InChI is InChI=1S/C17H24N4O3/c1-11(15(22)18-2)10-21(3)17(24)20-14-8-6-13(7-9-14)19-16(23)12-4-5-12/h6-9,11-12H,4-5,10H2,1-3H3,(H,18,22)(H,19,23)(H,20,24). The molecule has 0 aromatic heterocycles. The Morgan fingerprint density at radius 1 is 1.12 bits per heavy atom. The predicted molar refractivity (Wildman–Crippen MR) is 92.7 cm³/mol. The maximum Gasteiger partial charge on any atom is 0.321 e. The molecule has 1 atom stereocenters. The highest BCUT2D eigenvalue weighted by Crippen LogP contribution is 2.30. The van der Waals surface area contributed by atoms with Gasteiger partial charge in [0.25, 0.3) is 0 Å². The normalized spacial score (nSPS) is 14.5. The van der Waals surface area contributed by atoms with E-state index < -0.39 is 0 Å². The van der Waals surface area contributed by atoms with Crippen molar-refractivity contribution in [3.63, 3.8) is 0 Å². The molecule has 130 valence electrons. The van der Waals surface area contributed by atoms with Crippen LogP contribution in [-0.2, 0) is 9.59 Å². The summed E-state index contributed by atoms with van der Waals surface area (Å²) >= 11 is 0. The number of urea groups is 1.